The highest BCUT2D eigenvalue weighted by Crippen LogP contribution is 2.40. The molecule has 1 heterocycles. The Balaban J connectivity index is 1.75. The number of rotatable bonds is 6. The molecule has 0 aliphatic rings. The molecule has 1 aromatic heterocycles. The fourth-order valence-electron chi connectivity index (χ4n) is 2.53. The summed E-state index contributed by atoms with van der Waals surface area (Å²) in [6, 6.07) is 8.67. The van der Waals surface area contributed by atoms with Gasteiger partial charge in [-0.3, -0.25) is 10.1 Å². The number of nitrogens with one attached hydrogen (secondary N) is 1. The van der Waals surface area contributed by atoms with Crippen molar-refractivity contribution in [1.82, 2.24) is 14.8 Å². The quantitative estimate of drug-likeness (QED) is 0.476. The number of hydrogen-bond acceptors (Lipinski definition) is 5. The van der Waals surface area contributed by atoms with Crippen molar-refractivity contribution in [3.63, 3.8) is 0 Å². The molecule has 7 nitrogen and oxygen atoms in total. The van der Waals surface area contributed by atoms with Crippen LogP contribution in [0.3, 0.4) is 0 Å². The third-order valence-corrected chi connectivity index (χ3v) is 4.22. The molecule has 0 saturated heterocycles. The van der Waals surface area contributed by atoms with Gasteiger partial charge in [0.15, 0.2) is 0 Å². The number of nitrogens with zero attached hydrogens (tertiary/aromatic N) is 4. The lowest BCUT2D eigenvalue weighted by atomic mass is 10.1. The largest absolute Gasteiger partial charge is 0.418 e. The van der Waals surface area contributed by atoms with Gasteiger partial charge in [-0.25, -0.2) is 9.67 Å². The van der Waals surface area contributed by atoms with Gasteiger partial charge < -0.3 is 5.32 Å². The molecule has 1 N–H and O–H groups in total. The van der Waals surface area contributed by atoms with E-state index in [0.29, 0.717) is 12.6 Å². The molecule has 0 bridgehead atoms. The minimum Gasteiger partial charge on any atom is -0.375 e. The highest BCUT2D eigenvalue weighted by atomic mass is 35.5. The topological polar surface area (TPSA) is 85.9 Å². The average molecular weight is 412 g/mol. The summed E-state index contributed by atoms with van der Waals surface area (Å²) >= 11 is 5.66. The SMILES string of the molecule is O=[N+]([O-])c1cc(C(F)(F)F)c(Cl)cc1NCc1ccc(Cn2cncn2)cc1. The Morgan fingerprint density at radius 1 is 1.18 bits per heavy atom. The Kier molecular flexibility index (Phi) is 5.50. The van der Waals surface area contributed by atoms with Gasteiger partial charge in [0.25, 0.3) is 5.69 Å². The Morgan fingerprint density at radius 3 is 2.43 bits per heavy atom. The van der Waals surface area contributed by atoms with E-state index >= 15 is 0 Å². The van der Waals surface area contributed by atoms with E-state index in [0.717, 1.165) is 17.2 Å². The smallest absolute Gasteiger partial charge is 0.375 e. The van der Waals surface area contributed by atoms with Gasteiger partial charge in [-0.2, -0.15) is 18.3 Å². The second kappa shape index (κ2) is 7.85. The maximum Gasteiger partial charge on any atom is 0.418 e. The molecule has 0 spiro atoms. The van der Waals surface area contributed by atoms with Crippen molar-refractivity contribution < 1.29 is 18.1 Å². The normalized spacial score (nSPS) is 11.4. The monoisotopic (exact) mass is 411 g/mol. The maximum absolute atomic E-state index is 12.9. The van der Waals surface area contributed by atoms with Crippen LogP contribution in [0.5, 0.6) is 0 Å². The fourth-order valence-corrected chi connectivity index (χ4v) is 2.80. The summed E-state index contributed by atoms with van der Waals surface area (Å²) in [6.07, 6.45) is -1.76. The van der Waals surface area contributed by atoms with Gasteiger partial charge in [0.1, 0.15) is 18.3 Å². The first kappa shape index (κ1) is 19.6. The van der Waals surface area contributed by atoms with Crippen LogP contribution in [0, 0.1) is 10.1 Å². The minimum atomic E-state index is -4.78. The van der Waals surface area contributed by atoms with Gasteiger partial charge in [-0.1, -0.05) is 35.9 Å². The fraction of sp³-hybridized carbons (Fsp3) is 0.176. The molecule has 0 fully saturated rings. The van der Waals surface area contributed by atoms with Gasteiger partial charge in [-0.05, 0) is 17.2 Å². The van der Waals surface area contributed by atoms with Crippen molar-refractivity contribution >= 4 is 23.0 Å². The van der Waals surface area contributed by atoms with Crippen LogP contribution in [0.2, 0.25) is 5.02 Å². The van der Waals surface area contributed by atoms with Gasteiger partial charge in [0.2, 0.25) is 0 Å². The number of alkyl halides is 3. The zero-order valence-electron chi connectivity index (χ0n) is 14.2. The predicted octanol–water partition coefficient (Wildman–Crippen LogP) is 4.52. The summed E-state index contributed by atoms with van der Waals surface area (Å²) in [7, 11) is 0. The molecule has 0 amide bonds. The number of halogens is 4. The lowest BCUT2D eigenvalue weighted by Gasteiger charge is -2.13. The molecule has 28 heavy (non-hydrogen) atoms. The van der Waals surface area contributed by atoms with Crippen molar-refractivity contribution in [3.05, 3.63) is 80.9 Å². The molecule has 0 aliphatic heterocycles. The van der Waals surface area contributed by atoms with E-state index in [1.54, 1.807) is 23.1 Å². The summed E-state index contributed by atoms with van der Waals surface area (Å²) in [5, 5.41) is 17.3. The molecule has 146 valence electrons. The zero-order chi connectivity index (χ0) is 20.3. The van der Waals surface area contributed by atoms with Gasteiger partial charge in [0.05, 0.1) is 22.1 Å². The van der Waals surface area contributed by atoms with Crippen LogP contribution in [-0.2, 0) is 19.3 Å². The van der Waals surface area contributed by atoms with E-state index in [1.165, 1.54) is 6.33 Å². The first-order valence-corrected chi connectivity index (χ1v) is 8.31. The molecule has 0 atom stereocenters. The highest BCUT2D eigenvalue weighted by Gasteiger charge is 2.36. The summed E-state index contributed by atoms with van der Waals surface area (Å²) in [6.45, 7) is 0.708. The van der Waals surface area contributed by atoms with Gasteiger partial charge in [0, 0.05) is 12.6 Å². The maximum atomic E-state index is 12.9. The van der Waals surface area contributed by atoms with Crippen LogP contribution < -0.4 is 5.32 Å². The van der Waals surface area contributed by atoms with E-state index in [2.05, 4.69) is 15.4 Å². The molecule has 11 heteroatoms. The number of nitro benzene ring substituents is 1. The highest BCUT2D eigenvalue weighted by molar-refractivity contribution is 6.31. The molecular weight excluding hydrogens is 399 g/mol. The molecule has 3 rings (SSSR count). The van der Waals surface area contributed by atoms with Crippen LogP contribution in [0.25, 0.3) is 0 Å². The first-order valence-electron chi connectivity index (χ1n) is 7.93. The van der Waals surface area contributed by atoms with Crippen molar-refractivity contribution in [2.75, 3.05) is 5.32 Å². The van der Waals surface area contributed by atoms with Crippen LogP contribution in [0.1, 0.15) is 16.7 Å². The Labute approximate surface area is 161 Å². The first-order chi connectivity index (χ1) is 13.2. The van der Waals surface area contributed by atoms with Gasteiger partial charge in [-0.15, -0.1) is 0 Å². The molecular formula is C17H13ClF3N5O2. The van der Waals surface area contributed by atoms with E-state index in [1.807, 2.05) is 12.1 Å². The van der Waals surface area contributed by atoms with E-state index in [9.17, 15) is 23.3 Å². The van der Waals surface area contributed by atoms with Crippen LogP contribution in [0.15, 0.2) is 49.1 Å². The molecule has 0 radical (unpaired) electrons. The van der Waals surface area contributed by atoms with Crippen LogP contribution in [-0.4, -0.2) is 19.7 Å². The number of anilines is 1. The molecule has 0 saturated carbocycles. The molecule has 3 aromatic rings. The van der Waals surface area contributed by atoms with Crippen molar-refractivity contribution in [1.29, 1.82) is 0 Å². The standard InChI is InChI=1S/C17H13ClF3N5O2/c18-14-6-15(16(26(27)28)5-13(14)17(19,20)21)23-7-11-1-3-12(4-2-11)8-25-10-22-9-24-25/h1-6,9-10,23H,7-8H2. The zero-order valence-corrected chi connectivity index (χ0v) is 14.9. The summed E-state index contributed by atoms with van der Waals surface area (Å²) in [5.41, 5.74) is -0.274. The molecule has 0 aliphatic carbocycles. The second-order valence-corrected chi connectivity index (χ2v) is 6.27. The Hall–Kier alpha value is -3.14. The van der Waals surface area contributed by atoms with E-state index in [4.69, 9.17) is 11.6 Å². The third kappa shape index (κ3) is 4.58. The lowest BCUT2D eigenvalue weighted by molar-refractivity contribution is -0.384. The predicted molar refractivity (Wildman–Crippen MR) is 96.0 cm³/mol. The Morgan fingerprint density at radius 2 is 1.86 bits per heavy atom. The molecule has 2 aromatic carbocycles. The Bertz CT molecular complexity index is 976. The average Bonchev–Trinajstić information content (AvgIpc) is 3.13. The number of aromatic nitrogens is 3. The summed E-state index contributed by atoms with van der Waals surface area (Å²) < 4.78 is 40.4. The molecule has 0 unspecified atom stereocenters. The van der Waals surface area contributed by atoms with Crippen molar-refractivity contribution in [2.45, 2.75) is 19.3 Å². The summed E-state index contributed by atoms with van der Waals surface area (Å²) in [4.78, 5) is 14.1. The number of hydrogen-bond donors (Lipinski definition) is 1. The van der Waals surface area contributed by atoms with Crippen LogP contribution >= 0.6 is 11.6 Å². The third-order valence-electron chi connectivity index (χ3n) is 3.90. The van der Waals surface area contributed by atoms with Crippen molar-refractivity contribution in [3.8, 4) is 0 Å². The summed E-state index contributed by atoms with van der Waals surface area (Å²) in [5.74, 6) is 0. The second-order valence-electron chi connectivity index (χ2n) is 5.87. The lowest BCUT2D eigenvalue weighted by Crippen LogP contribution is -2.09. The van der Waals surface area contributed by atoms with Crippen molar-refractivity contribution in [2.24, 2.45) is 0 Å². The van der Waals surface area contributed by atoms with Gasteiger partial charge >= 0.3 is 6.18 Å². The van der Waals surface area contributed by atoms with E-state index < -0.39 is 27.4 Å². The number of nitro groups is 1. The van der Waals surface area contributed by atoms with E-state index in [-0.39, 0.29) is 12.2 Å². The van der Waals surface area contributed by atoms with Crippen LogP contribution in [0.4, 0.5) is 24.5 Å². The minimum absolute atomic E-state index is 0.0882. The number of benzene rings is 2.